The molecule has 2 N–H and O–H groups in total. The number of carbonyl (C=O) groups is 2. The summed E-state index contributed by atoms with van der Waals surface area (Å²) in [6, 6.07) is 7.70. The molecule has 2 amide bonds. The highest BCUT2D eigenvalue weighted by molar-refractivity contribution is 6.00. The van der Waals surface area contributed by atoms with Crippen molar-refractivity contribution in [2.45, 2.75) is 19.4 Å². The Labute approximate surface area is 144 Å². The zero-order chi connectivity index (χ0) is 18.0. The van der Waals surface area contributed by atoms with Gasteiger partial charge in [-0.25, -0.2) is 4.39 Å². The molecular formula is C18H19FN2O4. The van der Waals surface area contributed by atoms with E-state index >= 15 is 0 Å². The van der Waals surface area contributed by atoms with Crippen LogP contribution in [0, 0.1) is 18.7 Å². The summed E-state index contributed by atoms with van der Waals surface area (Å²) < 4.78 is 18.5. The maximum absolute atomic E-state index is 13.4. The van der Waals surface area contributed by atoms with Crippen molar-refractivity contribution in [3.63, 3.8) is 0 Å². The van der Waals surface area contributed by atoms with E-state index in [0.29, 0.717) is 17.0 Å². The lowest BCUT2D eigenvalue weighted by Crippen LogP contribution is -2.35. The molecule has 1 aliphatic rings. The second-order valence-corrected chi connectivity index (χ2v) is 6.12. The van der Waals surface area contributed by atoms with Crippen molar-refractivity contribution < 1.29 is 23.5 Å². The largest absolute Gasteiger partial charge is 0.467 e. The summed E-state index contributed by atoms with van der Waals surface area (Å²) in [6.45, 7) is 1.86. The number of carbonyl (C=O) groups excluding carboxylic acids is 2. The zero-order valence-corrected chi connectivity index (χ0v) is 13.7. The molecule has 1 fully saturated rings. The molecule has 2 heterocycles. The maximum Gasteiger partial charge on any atom is 0.227 e. The molecule has 0 aliphatic carbocycles. The first-order chi connectivity index (χ1) is 12.0. The van der Waals surface area contributed by atoms with Crippen LogP contribution < -0.4 is 10.2 Å². The van der Waals surface area contributed by atoms with Crippen LogP contribution in [-0.4, -0.2) is 30.0 Å². The highest BCUT2D eigenvalue weighted by Crippen LogP contribution is 2.26. The standard InChI is InChI=1S/C18H19FN2O4/c1-11-7-13(4-5-14(11)19)21-10-12(8-17(21)23)18(24)20-9-15(22)16-3-2-6-25-16/h2-7,12,15,22H,8-10H2,1H3,(H,20,24). The molecule has 3 rings (SSSR count). The average molecular weight is 346 g/mol. The summed E-state index contributed by atoms with van der Waals surface area (Å²) in [5.41, 5.74) is 1.02. The smallest absolute Gasteiger partial charge is 0.227 e. The van der Waals surface area contributed by atoms with E-state index in [1.54, 1.807) is 25.1 Å². The Bertz CT molecular complexity index is 775. The average Bonchev–Trinajstić information content (AvgIpc) is 3.24. The van der Waals surface area contributed by atoms with Crippen molar-refractivity contribution in [1.82, 2.24) is 5.32 Å². The fourth-order valence-electron chi connectivity index (χ4n) is 2.85. The lowest BCUT2D eigenvalue weighted by atomic mass is 10.1. The minimum atomic E-state index is -0.938. The van der Waals surface area contributed by atoms with Gasteiger partial charge in [0.15, 0.2) is 0 Å². The number of benzene rings is 1. The van der Waals surface area contributed by atoms with Gasteiger partial charge in [-0.05, 0) is 42.8 Å². The molecule has 1 aliphatic heterocycles. The van der Waals surface area contributed by atoms with Crippen LogP contribution in [0.15, 0.2) is 41.0 Å². The molecule has 1 saturated heterocycles. The number of halogens is 1. The first-order valence-corrected chi connectivity index (χ1v) is 8.01. The van der Waals surface area contributed by atoms with Gasteiger partial charge in [-0.1, -0.05) is 0 Å². The van der Waals surface area contributed by atoms with Gasteiger partial charge < -0.3 is 19.7 Å². The summed E-state index contributed by atoms with van der Waals surface area (Å²) in [5, 5.41) is 12.6. The number of rotatable bonds is 5. The summed E-state index contributed by atoms with van der Waals surface area (Å²) in [6.07, 6.45) is 0.587. The minimum Gasteiger partial charge on any atom is -0.467 e. The first kappa shape index (κ1) is 17.2. The molecule has 1 aromatic heterocycles. The van der Waals surface area contributed by atoms with Gasteiger partial charge in [0.2, 0.25) is 11.8 Å². The Balaban J connectivity index is 1.59. The van der Waals surface area contributed by atoms with Crippen molar-refractivity contribution in [3.8, 4) is 0 Å². The maximum atomic E-state index is 13.4. The molecule has 2 aromatic rings. The van der Waals surface area contributed by atoms with Crippen LogP contribution in [0.3, 0.4) is 0 Å². The van der Waals surface area contributed by atoms with Gasteiger partial charge in [0.05, 0.1) is 18.7 Å². The molecular weight excluding hydrogens is 327 g/mol. The monoisotopic (exact) mass is 346 g/mol. The van der Waals surface area contributed by atoms with Crippen LogP contribution in [0.2, 0.25) is 0 Å². The van der Waals surface area contributed by atoms with Crippen LogP contribution in [-0.2, 0) is 9.59 Å². The van der Waals surface area contributed by atoms with Gasteiger partial charge >= 0.3 is 0 Å². The quantitative estimate of drug-likeness (QED) is 0.867. The van der Waals surface area contributed by atoms with Crippen LogP contribution in [0.25, 0.3) is 0 Å². The van der Waals surface area contributed by atoms with Gasteiger partial charge in [0.25, 0.3) is 0 Å². The van der Waals surface area contributed by atoms with E-state index in [2.05, 4.69) is 5.32 Å². The zero-order valence-electron chi connectivity index (χ0n) is 13.7. The third-order valence-electron chi connectivity index (χ3n) is 4.29. The highest BCUT2D eigenvalue weighted by Gasteiger charge is 2.35. The van der Waals surface area contributed by atoms with E-state index in [9.17, 15) is 19.1 Å². The van der Waals surface area contributed by atoms with E-state index in [1.807, 2.05) is 0 Å². The number of anilines is 1. The van der Waals surface area contributed by atoms with E-state index in [1.165, 1.54) is 23.3 Å². The molecule has 0 saturated carbocycles. The van der Waals surface area contributed by atoms with Gasteiger partial charge in [0.1, 0.15) is 17.7 Å². The number of aliphatic hydroxyl groups is 1. The Kier molecular flexibility index (Phi) is 4.85. The number of hydrogen-bond acceptors (Lipinski definition) is 4. The number of aliphatic hydroxyl groups excluding tert-OH is 1. The van der Waals surface area contributed by atoms with Crippen LogP contribution in [0.4, 0.5) is 10.1 Å². The number of furan rings is 1. The van der Waals surface area contributed by atoms with Gasteiger partial charge in [0, 0.05) is 18.7 Å². The Morgan fingerprint density at radius 1 is 1.48 bits per heavy atom. The van der Waals surface area contributed by atoms with E-state index in [0.717, 1.165) is 0 Å². The summed E-state index contributed by atoms with van der Waals surface area (Å²) in [7, 11) is 0. The van der Waals surface area contributed by atoms with E-state index in [4.69, 9.17) is 4.42 Å². The molecule has 25 heavy (non-hydrogen) atoms. The van der Waals surface area contributed by atoms with Crippen LogP contribution in [0.1, 0.15) is 23.8 Å². The summed E-state index contributed by atoms with van der Waals surface area (Å²) in [5.74, 6) is -0.970. The predicted molar refractivity (Wildman–Crippen MR) is 88.3 cm³/mol. The van der Waals surface area contributed by atoms with Crippen molar-refractivity contribution in [1.29, 1.82) is 0 Å². The first-order valence-electron chi connectivity index (χ1n) is 8.01. The molecule has 1 aromatic carbocycles. The summed E-state index contributed by atoms with van der Waals surface area (Å²) in [4.78, 5) is 26.0. The van der Waals surface area contributed by atoms with Gasteiger partial charge in [-0.2, -0.15) is 0 Å². The van der Waals surface area contributed by atoms with Gasteiger partial charge in [-0.15, -0.1) is 0 Å². The molecule has 0 bridgehead atoms. The molecule has 2 atom stereocenters. The van der Waals surface area contributed by atoms with Gasteiger partial charge in [-0.3, -0.25) is 9.59 Å². The minimum absolute atomic E-state index is 0.00664. The van der Waals surface area contributed by atoms with Crippen molar-refractivity contribution in [2.24, 2.45) is 5.92 Å². The Morgan fingerprint density at radius 3 is 2.96 bits per heavy atom. The Morgan fingerprint density at radius 2 is 2.28 bits per heavy atom. The topological polar surface area (TPSA) is 82.8 Å². The van der Waals surface area contributed by atoms with Crippen LogP contribution >= 0.6 is 0 Å². The fraction of sp³-hybridized carbons (Fsp3) is 0.333. The van der Waals surface area contributed by atoms with Crippen LogP contribution in [0.5, 0.6) is 0 Å². The second-order valence-electron chi connectivity index (χ2n) is 6.12. The number of hydrogen-bond donors (Lipinski definition) is 2. The normalized spacial score (nSPS) is 18.4. The molecule has 132 valence electrons. The molecule has 2 unspecified atom stereocenters. The molecule has 0 spiro atoms. The highest BCUT2D eigenvalue weighted by atomic mass is 19.1. The third-order valence-corrected chi connectivity index (χ3v) is 4.29. The number of amides is 2. The van der Waals surface area contributed by atoms with E-state index in [-0.39, 0.29) is 37.1 Å². The van der Waals surface area contributed by atoms with Crippen molar-refractivity contribution >= 4 is 17.5 Å². The van der Waals surface area contributed by atoms with Crippen molar-refractivity contribution in [2.75, 3.05) is 18.0 Å². The lowest BCUT2D eigenvalue weighted by molar-refractivity contribution is -0.126. The number of aryl methyl sites for hydroxylation is 1. The SMILES string of the molecule is Cc1cc(N2CC(C(=O)NCC(O)c3ccco3)CC2=O)ccc1F. The van der Waals surface area contributed by atoms with E-state index < -0.39 is 12.0 Å². The lowest BCUT2D eigenvalue weighted by Gasteiger charge is -2.18. The van der Waals surface area contributed by atoms with Crippen molar-refractivity contribution in [3.05, 3.63) is 53.7 Å². The third kappa shape index (κ3) is 3.71. The number of nitrogens with zero attached hydrogens (tertiary/aromatic N) is 1. The molecule has 7 heteroatoms. The summed E-state index contributed by atoms with van der Waals surface area (Å²) >= 11 is 0. The molecule has 0 radical (unpaired) electrons. The molecule has 6 nitrogen and oxygen atoms in total. The fourth-order valence-corrected chi connectivity index (χ4v) is 2.85. The Hall–Kier alpha value is -2.67. The predicted octanol–water partition coefficient (Wildman–Crippen LogP) is 1.93. The number of nitrogens with one attached hydrogen (secondary N) is 1. The second kappa shape index (κ2) is 7.06.